The Bertz CT molecular complexity index is 861. The van der Waals surface area contributed by atoms with Crippen LogP contribution in [0.1, 0.15) is 48.5 Å². The van der Waals surface area contributed by atoms with Crippen LogP contribution in [0.3, 0.4) is 0 Å². The molecule has 1 aliphatic heterocycles. The Morgan fingerprint density at radius 1 is 1.13 bits per heavy atom. The summed E-state index contributed by atoms with van der Waals surface area (Å²) < 4.78 is 11.5. The zero-order valence-corrected chi connectivity index (χ0v) is 17.9. The fourth-order valence-electron chi connectivity index (χ4n) is 3.62. The fraction of sp³-hybridized carbons (Fsp3) is 0.417. The van der Waals surface area contributed by atoms with E-state index in [1.807, 2.05) is 23.1 Å². The highest BCUT2D eigenvalue weighted by Gasteiger charge is 2.24. The molecular formula is C24H30N2O4. The minimum Gasteiger partial charge on any atom is -0.497 e. The normalized spacial score (nSPS) is 15.4. The second-order valence-corrected chi connectivity index (χ2v) is 7.71. The Kier molecular flexibility index (Phi) is 7.33. The van der Waals surface area contributed by atoms with Gasteiger partial charge >= 0.3 is 0 Å². The highest BCUT2D eigenvalue weighted by molar-refractivity contribution is 5.97. The molecule has 6 heteroatoms. The number of likely N-dealkylation sites (tertiary alicyclic amines) is 1. The Balaban J connectivity index is 1.67. The first kappa shape index (κ1) is 21.7. The molecule has 0 radical (unpaired) electrons. The van der Waals surface area contributed by atoms with Gasteiger partial charge in [0.05, 0.1) is 12.7 Å². The van der Waals surface area contributed by atoms with E-state index in [2.05, 4.69) is 24.4 Å². The van der Waals surface area contributed by atoms with Crippen LogP contribution < -0.4 is 14.8 Å². The summed E-state index contributed by atoms with van der Waals surface area (Å²) in [5.41, 5.74) is 1.64. The molecule has 1 heterocycles. The number of nitrogens with one attached hydrogen (secondary N) is 1. The SMILES string of the molecule is COc1ccc(OC2CCN(C(C)=O)CC2)c(C(=O)NC[C@H](C)c2ccccc2)c1. The van der Waals surface area contributed by atoms with Gasteiger partial charge in [0.1, 0.15) is 17.6 Å². The van der Waals surface area contributed by atoms with Gasteiger partial charge in [0.2, 0.25) is 5.91 Å². The number of ether oxygens (including phenoxy) is 2. The molecule has 1 aliphatic rings. The van der Waals surface area contributed by atoms with Gasteiger partial charge in [-0.2, -0.15) is 0 Å². The lowest BCUT2D eigenvalue weighted by atomic mass is 10.0. The van der Waals surface area contributed by atoms with Gasteiger partial charge < -0.3 is 19.7 Å². The molecule has 2 aromatic rings. The molecule has 1 fully saturated rings. The molecule has 1 atom stereocenters. The first-order valence-corrected chi connectivity index (χ1v) is 10.4. The summed E-state index contributed by atoms with van der Waals surface area (Å²) in [5.74, 6) is 1.25. The molecule has 0 spiro atoms. The van der Waals surface area contributed by atoms with Crippen molar-refractivity contribution in [1.82, 2.24) is 10.2 Å². The van der Waals surface area contributed by atoms with Gasteiger partial charge in [-0.05, 0) is 29.7 Å². The molecule has 1 saturated heterocycles. The third-order valence-electron chi connectivity index (χ3n) is 5.55. The second-order valence-electron chi connectivity index (χ2n) is 7.71. The lowest BCUT2D eigenvalue weighted by molar-refractivity contribution is -0.130. The van der Waals surface area contributed by atoms with Gasteiger partial charge in [0.25, 0.3) is 5.91 Å². The van der Waals surface area contributed by atoms with Gasteiger partial charge in [-0.25, -0.2) is 0 Å². The summed E-state index contributed by atoms with van der Waals surface area (Å²) >= 11 is 0. The summed E-state index contributed by atoms with van der Waals surface area (Å²) in [5, 5.41) is 3.02. The molecule has 0 unspecified atom stereocenters. The lowest BCUT2D eigenvalue weighted by Crippen LogP contribution is -2.40. The van der Waals surface area contributed by atoms with Crippen molar-refractivity contribution in [2.75, 3.05) is 26.7 Å². The predicted molar refractivity (Wildman–Crippen MR) is 116 cm³/mol. The molecule has 1 N–H and O–H groups in total. The van der Waals surface area contributed by atoms with Gasteiger partial charge in [0.15, 0.2) is 0 Å². The van der Waals surface area contributed by atoms with Crippen LogP contribution in [0.5, 0.6) is 11.5 Å². The van der Waals surface area contributed by atoms with Gasteiger partial charge in [-0.1, -0.05) is 37.3 Å². The number of rotatable bonds is 7. The number of carbonyl (C=O) groups is 2. The van der Waals surface area contributed by atoms with Crippen molar-refractivity contribution in [2.24, 2.45) is 0 Å². The van der Waals surface area contributed by atoms with E-state index < -0.39 is 0 Å². The number of amides is 2. The third kappa shape index (κ3) is 5.53. The van der Waals surface area contributed by atoms with Crippen molar-refractivity contribution in [2.45, 2.75) is 38.7 Å². The first-order valence-electron chi connectivity index (χ1n) is 10.4. The van der Waals surface area contributed by atoms with Crippen LogP contribution in [-0.2, 0) is 4.79 Å². The largest absolute Gasteiger partial charge is 0.497 e. The number of methoxy groups -OCH3 is 1. The van der Waals surface area contributed by atoms with E-state index in [1.54, 1.807) is 32.2 Å². The third-order valence-corrected chi connectivity index (χ3v) is 5.55. The maximum absolute atomic E-state index is 13.0. The zero-order chi connectivity index (χ0) is 21.5. The molecule has 0 bridgehead atoms. The first-order chi connectivity index (χ1) is 14.5. The molecule has 0 aromatic heterocycles. The number of benzene rings is 2. The van der Waals surface area contributed by atoms with Crippen molar-refractivity contribution >= 4 is 11.8 Å². The topological polar surface area (TPSA) is 67.9 Å². The molecule has 2 aromatic carbocycles. The van der Waals surface area contributed by atoms with Crippen LogP contribution in [0, 0.1) is 0 Å². The van der Waals surface area contributed by atoms with E-state index in [4.69, 9.17) is 9.47 Å². The molecular weight excluding hydrogens is 380 g/mol. The standard InChI is InChI=1S/C24H30N2O4/c1-17(19-7-5-4-6-8-19)16-25-24(28)22-15-21(29-3)9-10-23(22)30-20-11-13-26(14-12-20)18(2)27/h4-10,15,17,20H,11-14,16H2,1-3H3,(H,25,28)/t17-/m0/s1. The van der Waals surface area contributed by atoms with Crippen molar-refractivity contribution in [3.63, 3.8) is 0 Å². The molecule has 160 valence electrons. The maximum Gasteiger partial charge on any atom is 0.255 e. The van der Waals surface area contributed by atoms with Crippen LogP contribution in [0.15, 0.2) is 48.5 Å². The van der Waals surface area contributed by atoms with E-state index in [0.29, 0.717) is 36.7 Å². The quantitative estimate of drug-likeness (QED) is 0.757. The molecule has 2 amide bonds. The van der Waals surface area contributed by atoms with Crippen molar-refractivity contribution in [3.8, 4) is 11.5 Å². The van der Waals surface area contributed by atoms with Crippen LogP contribution in [0.25, 0.3) is 0 Å². The Morgan fingerprint density at radius 2 is 1.83 bits per heavy atom. The van der Waals surface area contributed by atoms with Crippen molar-refractivity contribution < 1.29 is 19.1 Å². The summed E-state index contributed by atoms with van der Waals surface area (Å²) in [6.07, 6.45) is 1.47. The second kappa shape index (κ2) is 10.1. The minimum absolute atomic E-state index is 0.0243. The summed E-state index contributed by atoms with van der Waals surface area (Å²) in [6.45, 7) is 5.54. The number of piperidine rings is 1. The average molecular weight is 411 g/mol. The van der Waals surface area contributed by atoms with E-state index in [1.165, 1.54) is 5.56 Å². The zero-order valence-electron chi connectivity index (χ0n) is 17.9. The highest BCUT2D eigenvalue weighted by atomic mass is 16.5. The van der Waals surface area contributed by atoms with E-state index in [-0.39, 0.29) is 23.8 Å². The summed E-state index contributed by atoms with van der Waals surface area (Å²) in [4.78, 5) is 26.3. The van der Waals surface area contributed by atoms with Crippen LogP contribution in [0.4, 0.5) is 0 Å². The van der Waals surface area contributed by atoms with Crippen molar-refractivity contribution in [1.29, 1.82) is 0 Å². The van der Waals surface area contributed by atoms with E-state index in [0.717, 1.165) is 12.8 Å². The summed E-state index contributed by atoms with van der Waals surface area (Å²) in [6, 6.07) is 15.4. The van der Waals surface area contributed by atoms with Gasteiger partial charge in [0, 0.05) is 39.4 Å². The predicted octanol–water partition coefficient (Wildman–Crippen LogP) is 3.62. The van der Waals surface area contributed by atoms with Gasteiger partial charge in [-0.15, -0.1) is 0 Å². The van der Waals surface area contributed by atoms with Crippen LogP contribution in [-0.4, -0.2) is 49.6 Å². The van der Waals surface area contributed by atoms with Crippen LogP contribution >= 0.6 is 0 Å². The Hall–Kier alpha value is -3.02. The molecule has 30 heavy (non-hydrogen) atoms. The van der Waals surface area contributed by atoms with E-state index >= 15 is 0 Å². The molecule has 3 rings (SSSR count). The highest BCUT2D eigenvalue weighted by Crippen LogP contribution is 2.27. The number of carbonyl (C=O) groups excluding carboxylic acids is 2. The molecule has 0 saturated carbocycles. The molecule has 6 nitrogen and oxygen atoms in total. The van der Waals surface area contributed by atoms with Crippen molar-refractivity contribution in [3.05, 3.63) is 59.7 Å². The number of nitrogens with zero attached hydrogens (tertiary/aromatic N) is 1. The van der Waals surface area contributed by atoms with E-state index in [9.17, 15) is 9.59 Å². The monoisotopic (exact) mass is 410 g/mol. The Morgan fingerprint density at radius 3 is 2.47 bits per heavy atom. The Labute approximate surface area is 178 Å². The smallest absolute Gasteiger partial charge is 0.255 e. The van der Waals surface area contributed by atoms with Crippen LogP contribution in [0.2, 0.25) is 0 Å². The van der Waals surface area contributed by atoms with Gasteiger partial charge in [-0.3, -0.25) is 9.59 Å². The average Bonchev–Trinajstić information content (AvgIpc) is 2.78. The summed E-state index contributed by atoms with van der Waals surface area (Å²) in [7, 11) is 1.58. The minimum atomic E-state index is -0.187. The fourth-order valence-corrected chi connectivity index (χ4v) is 3.62. The maximum atomic E-state index is 13.0. The number of hydrogen-bond donors (Lipinski definition) is 1. The lowest BCUT2D eigenvalue weighted by Gasteiger charge is -2.31. The number of hydrogen-bond acceptors (Lipinski definition) is 4. The molecule has 0 aliphatic carbocycles.